The Morgan fingerprint density at radius 2 is 1.87 bits per heavy atom. The zero-order valence-electron chi connectivity index (χ0n) is 17.4. The number of carbonyl (C=O) groups is 2. The fraction of sp³-hybridized carbons (Fsp3) is 0.333. The number of esters is 1. The zero-order valence-corrected chi connectivity index (χ0v) is 17.4. The van der Waals surface area contributed by atoms with E-state index in [1.165, 1.54) is 5.56 Å². The second-order valence-corrected chi connectivity index (χ2v) is 7.70. The van der Waals surface area contributed by atoms with Crippen LogP contribution in [0.2, 0.25) is 0 Å². The van der Waals surface area contributed by atoms with Crippen molar-refractivity contribution >= 4 is 17.7 Å². The van der Waals surface area contributed by atoms with Gasteiger partial charge in [-0.05, 0) is 43.9 Å². The molecular formula is C24H27N3O3. The Morgan fingerprint density at radius 1 is 1.13 bits per heavy atom. The number of rotatable bonds is 5. The van der Waals surface area contributed by atoms with Crippen LogP contribution in [0.3, 0.4) is 0 Å². The highest BCUT2D eigenvalue weighted by Gasteiger charge is 2.35. The van der Waals surface area contributed by atoms with Gasteiger partial charge in [-0.3, -0.25) is 0 Å². The molecule has 2 aliphatic rings. The molecule has 0 saturated carbocycles. The standard InChI is InChI=1S/C24H27N3O3/c1-3-30-23(28)21-19(25-24(29)26-22(21)18-10-5-4-6-11-18)15-27-16(2)13-14-17-9-7-8-12-20(17)27/h4-12,16,22H,3,13-15H2,1-2H3,(H2,25,26,29). The van der Waals surface area contributed by atoms with Crippen molar-refractivity contribution in [3.63, 3.8) is 0 Å². The molecule has 0 saturated heterocycles. The molecule has 2 amide bonds. The first-order chi connectivity index (χ1) is 14.6. The first-order valence-corrected chi connectivity index (χ1v) is 10.5. The van der Waals surface area contributed by atoms with Crippen LogP contribution in [-0.2, 0) is 16.0 Å². The second kappa shape index (κ2) is 8.61. The summed E-state index contributed by atoms with van der Waals surface area (Å²) in [5.41, 5.74) is 4.33. The van der Waals surface area contributed by atoms with E-state index in [9.17, 15) is 9.59 Å². The minimum absolute atomic E-state index is 0.272. The van der Waals surface area contributed by atoms with Crippen molar-refractivity contribution in [1.82, 2.24) is 10.6 Å². The van der Waals surface area contributed by atoms with Gasteiger partial charge in [-0.15, -0.1) is 0 Å². The number of aryl methyl sites for hydroxylation is 1. The number of anilines is 1. The third kappa shape index (κ3) is 3.90. The number of fused-ring (bicyclic) bond motifs is 1. The molecule has 0 spiro atoms. The van der Waals surface area contributed by atoms with Gasteiger partial charge in [-0.1, -0.05) is 48.5 Å². The lowest BCUT2D eigenvalue weighted by molar-refractivity contribution is -0.139. The predicted octanol–water partition coefficient (Wildman–Crippen LogP) is 3.70. The fourth-order valence-corrected chi connectivity index (χ4v) is 4.26. The van der Waals surface area contributed by atoms with Gasteiger partial charge in [0, 0.05) is 11.7 Å². The van der Waals surface area contributed by atoms with Gasteiger partial charge in [0.05, 0.1) is 30.5 Å². The van der Waals surface area contributed by atoms with Crippen LogP contribution in [0, 0.1) is 0 Å². The van der Waals surface area contributed by atoms with Crippen LogP contribution >= 0.6 is 0 Å². The highest BCUT2D eigenvalue weighted by atomic mass is 16.5. The number of carbonyl (C=O) groups excluding carboxylic acids is 2. The van der Waals surface area contributed by atoms with Crippen LogP contribution in [0.5, 0.6) is 0 Å². The smallest absolute Gasteiger partial charge is 0.338 e. The van der Waals surface area contributed by atoms with E-state index in [1.54, 1.807) is 6.92 Å². The van der Waals surface area contributed by atoms with Gasteiger partial charge in [-0.25, -0.2) is 9.59 Å². The van der Waals surface area contributed by atoms with Crippen LogP contribution in [0.25, 0.3) is 0 Å². The van der Waals surface area contributed by atoms with E-state index in [2.05, 4.69) is 34.6 Å². The molecule has 30 heavy (non-hydrogen) atoms. The number of nitrogens with one attached hydrogen (secondary N) is 2. The summed E-state index contributed by atoms with van der Waals surface area (Å²) in [6.45, 7) is 4.67. The maximum absolute atomic E-state index is 13.0. The molecule has 4 rings (SSSR count). The molecule has 0 aliphatic carbocycles. The number of amides is 2. The van der Waals surface area contributed by atoms with Crippen molar-refractivity contribution in [2.45, 2.75) is 38.8 Å². The lowest BCUT2D eigenvalue weighted by Gasteiger charge is -2.39. The molecule has 2 aromatic carbocycles. The highest BCUT2D eigenvalue weighted by Crippen LogP contribution is 2.33. The third-order valence-corrected chi connectivity index (χ3v) is 5.77. The fourth-order valence-electron chi connectivity index (χ4n) is 4.26. The van der Waals surface area contributed by atoms with Gasteiger partial charge in [0.2, 0.25) is 0 Å². The Bertz CT molecular complexity index is 971. The molecule has 0 aromatic heterocycles. The summed E-state index contributed by atoms with van der Waals surface area (Å²) in [5.74, 6) is -0.410. The molecule has 0 radical (unpaired) electrons. The number of hydrogen-bond donors (Lipinski definition) is 2. The quantitative estimate of drug-likeness (QED) is 0.744. The summed E-state index contributed by atoms with van der Waals surface area (Å²) in [5, 5.41) is 5.78. The normalized spacial score (nSPS) is 20.9. The van der Waals surface area contributed by atoms with Crippen molar-refractivity contribution in [1.29, 1.82) is 0 Å². The molecule has 6 heteroatoms. The van der Waals surface area contributed by atoms with E-state index in [1.807, 2.05) is 42.5 Å². The Kier molecular flexibility index (Phi) is 5.74. The zero-order chi connectivity index (χ0) is 21.1. The van der Waals surface area contributed by atoms with Gasteiger partial charge in [0.25, 0.3) is 0 Å². The number of hydrogen-bond acceptors (Lipinski definition) is 4. The first-order valence-electron chi connectivity index (χ1n) is 10.5. The van der Waals surface area contributed by atoms with Crippen LogP contribution in [0.15, 0.2) is 65.9 Å². The summed E-state index contributed by atoms with van der Waals surface area (Å²) < 4.78 is 5.38. The lowest BCUT2D eigenvalue weighted by Crippen LogP contribution is -2.50. The van der Waals surface area contributed by atoms with Crippen LogP contribution in [-0.4, -0.2) is 31.2 Å². The second-order valence-electron chi connectivity index (χ2n) is 7.70. The average Bonchev–Trinajstić information content (AvgIpc) is 2.76. The van der Waals surface area contributed by atoms with Gasteiger partial charge in [0.1, 0.15) is 0 Å². The molecule has 2 aliphatic heterocycles. The Morgan fingerprint density at radius 3 is 2.63 bits per heavy atom. The molecule has 0 fully saturated rings. The van der Waals surface area contributed by atoms with Crippen molar-refractivity contribution in [3.8, 4) is 0 Å². The minimum Gasteiger partial charge on any atom is -0.463 e. The number of para-hydroxylation sites is 1. The SMILES string of the molecule is CCOC(=O)C1=C(CN2c3ccccc3CCC2C)NC(=O)NC1c1ccccc1. The first kappa shape index (κ1) is 20.0. The molecule has 2 heterocycles. The van der Waals surface area contributed by atoms with Crippen LogP contribution < -0.4 is 15.5 Å². The molecule has 2 N–H and O–H groups in total. The molecular weight excluding hydrogens is 378 g/mol. The number of benzene rings is 2. The topological polar surface area (TPSA) is 70.7 Å². The monoisotopic (exact) mass is 405 g/mol. The van der Waals surface area contributed by atoms with Crippen LogP contribution in [0.1, 0.15) is 37.4 Å². The van der Waals surface area contributed by atoms with Gasteiger partial charge < -0.3 is 20.3 Å². The molecule has 0 bridgehead atoms. The van der Waals surface area contributed by atoms with Gasteiger partial charge >= 0.3 is 12.0 Å². The van der Waals surface area contributed by atoms with E-state index < -0.39 is 12.0 Å². The molecule has 6 nitrogen and oxygen atoms in total. The number of ether oxygens (including phenoxy) is 1. The summed E-state index contributed by atoms with van der Waals surface area (Å²) in [6, 6.07) is 17.3. The minimum atomic E-state index is -0.552. The molecule has 156 valence electrons. The molecule has 2 unspecified atom stereocenters. The number of urea groups is 1. The number of nitrogens with zero attached hydrogens (tertiary/aromatic N) is 1. The Hall–Kier alpha value is -3.28. The van der Waals surface area contributed by atoms with Gasteiger partial charge in [0.15, 0.2) is 0 Å². The highest BCUT2D eigenvalue weighted by molar-refractivity contribution is 5.95. The molecule has 2 atom stereocenters. The lowest BCUT2D eigenvalue weighted by atomic mass is 9.93. The van der Waals surface area contributed by atoms with E-state index in [-0.39, 0.29) is 18.7 Å². The summed E-state index contributed by atoms with van der Waals surface area (Å²) in [6.07, 6.45) is 2.05. The Balaban J connectivity index is 1.77. The van der Waals surface area contributed by atoms with E-state index in [0.717, 1.165) is 24.1 Å². The van der Waals surface area contributed by atoms with E-state index in [0.29, 0.717) is 17.8 Å². The third-order valence-electron chi connectivity index (χ3n) is 5.77. The van der Waals surface area contributed by atoms with Gasteiger partial charge in [-0.2, -0.15) is 0 Å². The molecule has 2 aromatic rings. The maximum Gasteiger partial charge on any atom is 0.338 e. The predicted molar refractivity (Wildman–Crippen MR) is 116 cm³/mol. The maximum atomic E-state index is 13.0. The summed E-state index contributed by atoms with van der Waals surface area (Å²) >= 11 is 0. The van der Waals surface area contributed by atoms with E-state index in [4.69, 9.17) is 4.74 Å². The summed E-state index contributed by atoms with van der Waals surface area (Å²) in [7, 11) is 0. The average molecular weight is 405 g/mol. The van der Waals surface area contributed by atoms with Crippen molar-refractivity contribution in [3.05, 3.63) is 77.0 Å². The van der Waals surface area contributed by atoms with Crippen molar-refractivity contribution in [2.24, 2.45) is 0 Å². The van der Waals surface area contributed by atoms with Crippen molar-refractivity contribution in [2.75, 3.05) is 18.1 Å². The van der Waals surface area contributed by atoms with E-state index >= 15 is 0 Å². The largest absolute Gasteiger partial charge is 0.463 e. The summed E-state index contributed by atoms with van der Waals surface area (Å²) in [4.78, 5) is 27.8. The Labute approximate surface area is 176 Å². The van der Waals surface area contributed by atoms with Crippen LogP contribution in [0.4, 0.5) is 10.5 Å². The van der Waals surface area contributed by atoms with Crippen molar-refractivity contribution < 1.29 is 14.3 Å².